The second kappa shape index (κ2) is 5.81. The number of hydrogen-bond acceptors (Lipinski definition) is 2. The van der Waals surface area contributed by atoms with Gasteiger partial charge in [-0.3, -0.25) is 4.79 Å². The van der Waals surface area contributed by atoms with Crippen LogP contribution in [0.15, 0.2) is 36.4 Å². The molecule has 7 heteroatoms. The first kappa shape index (κ1) is 16.3. The molecule has 0 unspecified atom stereocenters. The number of carbonyl (C=O) groups excluding carboxylic acids is 1. The standard InChI is InChI=1S/C17H13F4NO2/c1-10-14(18)7-4-12-9-22(16(23)15(10)12)8-11-2-5-13(6-3-11)24-17(19,20)21/h2-7H,8-9H2,1H3. The molecule has 2 aromatic carbocycles. The average Bonchev–Trinajstić information content (AvgIpc) is 2.81. The van der Waals surface area contributed by atoms with Crippen molar-refractivity contribution >= 4 is 5.91 Å². The van der Waals surface area contributed by atoms with Crippen molar-refractivity contribution in [3.63, 3.8) is 0 Å². The Bertz CT molecular complexity index is 784. The number of alkyl halides is 3. The Morgan fingerprint density at radius 2 is 1.79 bits per heavy atom. The van der Waals surface area contributed by atoms with Crippen LogP contribution in [0, 0.1) is 12.7 Å². The van der Waals surface area contributed by atoms with Crippen LogP contribution >= 0.6 is 0 Å². The maximum atomic E-state index is 13.6. The van der Waals surface area contributed by atoms with Gasteiger partial charge in [-0.15, -0.1) is 13.2 Å². The Hall–Kier alpha value is -2.57. The lowest BCUT2D eigenvalue weighted by Crippen LogP contribution is -2.23. The highest BCUT2D eigenvalue weighted by Crippen LogP contribution is 2.29. The van der Waals surface area contributed by atoms with Crippen molar-refractivity contribution < 1.29 is 27.1 Å². The minimum atomic E-state index is -4.74. The number of hydrogen-bond donors (Lipinski definition) is 0. The number of ether oxygens (including phenoxy) is 1. The Kier molecular flexibility index (Phi) is 3.95. The van der Waals surface area contributed by atoms with Crippen molar-refractivity contribution in [2.24, 2.45) is 0 Å². The van der Waals surface area contributed by atoms with Crippen LogP contribution in [-0.4, -0.2) is 17.2 Å². The van der Waals surface area contributed by atoms with E-state index in [0.717, 1.165) is 5.56 Å². The zero-order chi connectivity index (χ0) is 17.5. The summed E-state index contributed by atoms with van der Waals surface area (Å²) < 4.78 is 53.8. The molecule has 3 nitrogen and oxygen atoms in total. The smallest absolute Gasteiger partial charge is 0.406 e. The fraction of sp³-hybridized carbons (Fsp3) is 0.235. The van der Waals surface area contributed by atoms with Crippen LogP contribution in [0.25, 0.3) is 0 Å². The van der Waals surface area contributed by atoms with Gasteiger partial charge in [0.15, 0.2) is 0 Å². The number of rotatable bonds is 3. The van der Waals surface area contributed by atoms with Gasteiger partial charge in [-0.05, 0) is 41.8 Å². The third-order valence-electron chi connectivity index (χ3n) is 3.88. The van der Waals surface area contributed by atoms with E-state index < -0.39 is 12.2 Å². The highest BCUT2D eigenvalue weighted by molar-refractivity contribution is 5.99. The van der Waals surface area contributed by atoms with Crippen LogP contribution in [0.2, 0.25) is 0 Å². The number of fused-ring (bicyclic) bond motifs is 1. The second-order valence-corrected chi connectivity index (χ2v) is 5.56. The van der Waals surface area contributed by atoms with Gasteiger partial charge < -0.3 is 9.64 Å². The van der Waals surface area contributed by atoms with E-state index in [1.54, 1.807) is 13.0 Å². The zero-order valence-electron chi connectivity index (χ0n) is 12.7. The SMILES string of the molecule is Cc1c(F)ccc2c1C(=O)N(Cc1ccc(OC(F)(F)F)cc1)C2. The molecule has 1 aliphatic rings. The predicted molar refractivity (Wildman–Crippen MR) is 77.8 cm³/mol. The normalized spacial score (nSPS) is 14.0. The van der Waals surface area contributed by atoms with Crippen molar-refractivity contribution in [1.29, 1.82) is 0 Å². The number of nitrogens with zero attached hydrogens (tertiary/aromatic N) is 1. The zero-order valence-corrected chi connectivity index (χ0v) is 12.7. The maximum Gasteiger partial charge on any atom is 0.573 e. The first-order valence-electron chi connectivity index (χ1n) is 7.16. The van der Waals surface area contributed by atoms with E-state index in [4.69, 9.17) is 0 Å². The first-order valence-corrected chi connectivity index (χ1v) is 7.16. The molecule has 3 rings (SSSR count). The van der Waals surface area contributed by atoms with Gasteiger partial charge >= 0.3 is 6.36 Å². The lowest BCUT2D eigenvalue weighted by Gasteiger charge is -2.16. The van der Waals surface area contributed by atoms with E-state index >= 15 is 0 Å². The van der Waals surface area contributed by atoms with Gasteiger partial charge in [-0.25, -0.2) is 4.39 Å². The van der Waals surface area contributed by atoms with Gasteiger partial charge in [0.05, 0.1) is 5.56 Å². The van der Waals surface area contributed by atoms with Crippen LogP contribution in [0.4, 0.5) is 17.6 Å². The van der Waals surface area contributed by atoms with Crippen LogP contribution in [0.5, 0.6) is 5.75 Å². The van der Waals surface area contributed by atoms with E-state index in [0.29, 0.717) is 23.2 Å². The quantitative estimate of drug-likeness (QED) is 0.785. The fourth-order valence-electron chi connectivity index (χ4n) is 2.75. The minimum Gasteiger partial charge on any atom is -0.406 e. The second-order valence-electron chi connectivity index (χ2n) is 5.56. The summed E-state index contributed by atoms with van der Waals surface area (Å²) in [5.74, 6) is -1.03. The molecule has 0 bridgehead atoms. The highest BCUT2D eigenvalue weighted by atomic mass is 19.4. The average molecular weight is 339 g/mol. The molecule has 126 valence electrons. The third kappa shape index (κ3) is 3.20. The molecule has 0 radical (unpaired) electrons. The van der Waals surface area contributed by atoms with Gasteiger partial charge in [0.2, 0.25) is 0 Å². The summed E-state index contributed by atoms with van der Waals surface area (Å²) >= 11 is 0. The first-order chi connectivity index (χ1) is 11.2. The van der Waals surface area contributed by atoms with E-state index in [1.165, 1.54) is 35.2 Å². The molecule has 1 amide bonds. The Morgan fingerprint density at radius 3 is 2.42 bits per heavy atom. The summed E-state index contributed by atoms with van der Waals surface area (Å²) in [5.41, 5.74) is 2.08. The van der Waals surface area contributed by atoms with Gasteiger partial charge in [0.25, 0.3) is 5.91 Å². The third-order valence-corrected chi connectivity index (χ3v) is 3.88. The fourth-order valence-corrected chi connectivity index (χ4v) is 2.75. The number of carbonyl (C=O) groups is 1. The Labute approximate surface area is 135 Å². The van der Waals surface area contributed by atoms with Crippen molar-refractivity contribution in [3.05, 3.63) is 64.5 Å². The van der Waals surface area contributed by atoms with Crippen LogP contribution in [0.3, 0.4) is 0 Å². The van der Waals surface area contributed by atoms with Crippen molar-refractivity contribution in [2.45, 2.75) is 26.4 Å². The molecule has 0 N–H and O–H groups in total. The molecule has 0 aliphatic carbocycles. The molecule has 0 fully saturated rings. The number of amides is 1. The van der Waals surface area contributed by atoms with Crippen LogP contribution in [0.1, 0.15) is 27.0 Å². The molecule has 0 aromatic heterocycles. The molecule has 1 heterocycles. The Balaban J connectivity index is 1.74. The van der Waals surface area contributed by atoms with Gasteiger partial charge in [-0.1, -0.05) is 18.2 Å². The molecule has 0 atom stereocenters. The summed E-state index contributed by atoms with van der Waals surface area (Å²) in [6, 6.07) is 8.22. The summed E-state index contributed by atoms with van der Waals surface area (Å²) in [5, 5.41) is 0. The lowest BCUT2D eigenvalue weighted by molar-refractivity contribution is -0.274. The Morgan fingerprint density at radius 1 is 1.12 bits per heavy atom. The summed E-state index contributed by atoms with van der Waals surface area (Å²) in [4.78, 5) is 13.9. The molecule has 0 saturated heterocycles. The lowest BCUT2D eigenvalue weighted by atomic mass is 10.0. The molecule has 2 aromatic rings. The predicted octanol–water partition coefficient (Wildman–Crippen LogP) is 4.19. The molecular formula is C17H13F4NO2. The van der Waals surface area contributed by atoms with Crippen molar-refractivity contribution in [1.82, 2.24) is 4.90 Å². The van der Waals surface area contributed by atoms with Gasteiger partial charge in [0, 0.05) is 13.1 Å². The molecular weight excluding hydrogens is 326 g/mol. The molecule has 0 spiro atoms. The van der Waals surface area contributed by atoms with Gasteiger partial charge in [0.1, 0.15) is 11.6 Å². The summed E-state index contributed by atoms with van der Waals surface area (Å²) in [7, 11) is 0. The van der Waals surface area contributed by atoms with E-state index in [9.17, 15) is 22.4 Å². The number of halogens is 4. The van der Waals surface area contributed by atoms with Crippen molar-refractivity contribution in [3.8, 4) is 5.75 Å². The van der Waals surface area contributed by atoms with E-state index in [2.05, 4.69) is 4.74 Å². The van der Waals surface area contributed by atoms with Crippen LogP contribution < -0.4 is 4.74 Å². The summed E-state index contributed by atoms with van der Waals surface area (Å²) in [6.45, 7) is 2.12. The maximum absolute atomic E-state index is 13.6. The highest BCUT2D eigenvalue weighted by Gasteiger charge is 2.32. The van der Waals surface area contributed by atoms with Crippen LogP contribution in [-0.2, 0) is 13.1 Å². The number of benzene rings is 2. The topological polar surface area (TPSA) is 29.5 Å². The van der Waals surface area contributed by atoms with E-state index in [-0.39, 0.29) is 18.2 Å². The molecule has 0 saturated carbocycles. The summed E-state index contributed by atoms with van der Waals surface area (Å²) in [6.07, 6.45) is -4.74. The molecule has 1 aliphatic heterocycles. The molecule has 24 heavy (non-hydrogen) atoms. The van der Waals surface area contributed by atoms with Crippen molar-refractivity contribution in [2.75, 3.05) is 0 Å². The monoisotopic (exact) mass is 339 g/mol. The largest absolute Gasteiger partial charge is 0.573 e. The minimum absolute atomic E-state index is 0.223. The van der Waals surface area contributed by atoms with Gasteiger partial charge in [-0.2, -0.15) is 0 Å². The van der Waals surface area contributed by atoms with E-state index in [1.807, 2.05) is 0 Å².